The fraction of sp³-hybridized carbons (Fsp3) is 0.750. The molecule has 0 heterocycles. The molecule has 7 nitrogen and oxygen atoms in total. The predicted octanol–water partition coefficient (Wildman–Crippen LogP) is -0.949. The van der Waals surface area contributed by atoms with Crippen molar-refractivity contribution in [2.75, 3.05) is 25.1 Å². The Morgan fingerprint density at radius 3 is 2.31 bits per heavy atom. The first-order valence-corrected chi connectivity index (χ1v) is 6.70. The Bertz CT molecular complexity index is 351. The molecule has 0 aromatic carbocycles. The highest BCUT2D eigenvalue weighted by Crippen LogP contribution is 1.90. The lowest BCUT2D eigenvalue weighted by Crippen LogP contribution is -2.40. The molecule has 0 aliphatic heterocycles. The van der Waals surface area contributed by atoms with Crippen molar-refractivity contribution in [1.82, 2.24) is 10.6 Å². The van der Waals surface area contributed by atoms with E-state index in [1.165, 1.54) is 6.92 Å². The SMILES string of the molecule is CC(CNC(=O)NCCS(C)(=O)=O)C(=O)O. The van der Waals surface area contributed by atoms with E-state index in [0.717, 1.165) is 6.26 Å². The zero-order valence-corrected chi connectivity index (χ0v) is 10.0. The van der Waals surface area contributed by atoms with Crippen molar-refractivity contribution >= 4 is 21.8 Å². The van der Waals surface area contributed by atoms with Crippen LogP contribution in [0.5, 0.6) is 0 Å². The lowest BCUT2D eigenvalue weighted by Gasteiger charge is -2.09. The summed E-state index contributed by atoms with van der Waals surface area (Å²) < 4.78 is 21.4. The second-order valence-electron chi connectivity index (χ2n) is 3.51. The summed E-state index contributed by atoms with van der Waals surface area (Å²) in [6.07, 6.45) is 1.07. The summed E-state index contributed by atoms with van der Waals surface area (Å²) in [7, 11) is -3.10. The van der Waals surface area contributed by atoms with Gasteiger partial charge >= 0.3 is 12.0 Å². The fourth-order valence-electron chi connectivity index (χ4n) is 0.746. The third-order valence-corrected chi connectivity index (χ3v) is 2.69. The first kappa shape index (κ1) is 14.7. The standard InChI is InChI=1S/C8H16N2O5S/c1-6(7(11)12)5-10-8(13)9-3-4-16(2,14)15/h6H,3-5H2,1-2H3,(H,11,12)(H2,9,10,13). The molecule has 16 heavy (non-hydrogen) atoms. The summed E-state index contributed by atoms with van der Waals surface area (Å²) in [5.41, 5.74) is 0. The molecule has 0 aromatic rings. The maximum Gasteiger partial charge on any atom is 0.314 e. The molecule has 0 radical (unpaired) electrons. The van der Waals surface area contributed by atoms with Crippen LogP contribution in [0.4, 0.5) is 4.79 Å². The van der Waals surface area contributed by atoms with E-state index in [-0.39, 0.29) is 18.8 Å². The average Bonchev–Trinajstić information content (AvgIpc) is 2.11. The van der Waals surface area contributed by atoms with Gasteiger partial charge in [-0.05, 0) is 0 Å². The number of amides is 2. The van der Waals surface area contributed by atoms with Crippen molar-refractivity contribution in [2.45, 2.75) is 6.92 Å². The number of hydrogen-bond donors (Lipinski definition) is 3. The van der Waals surface area contributed by atoms with Gasteiger partial charge in [0.25, 0.3) is 0 Å². The highest BCUT2D eigenvalue weighted by atomic mass is 32.2. The van der Waals surface area contributed by atoms with Gasteiger partial charge in [0.05, 0.1) is 11.7 Å². The Morgan fingerprint density at radius 1 is 1.31 bits per heavy atom. The Balaban J connectivity index is 3.72. The van der Waals surface area contributed by atoms with Crippen LogP contribution >= 0.6 is 0 Å². The highest BCUT2D eigenvalue weighted by Gasteiger charge is 2.12. The molecule has 0 aromatic heterocycles. The van der Waals surface area contributed by atoms with E-state index < -0.39 is 27.8 Å². The van der Waals surface area contributed by atoms with Crippen molar-refractivity contribution in [3.63, 3.8) is 0 Å². The maximum absolute atomic E-state index is 11.0. The van der Waals surface area contributed by atoms with Gasteiger partial charge in [-0.2, -0.15) is 0 Å². The molecule has 1 atom stereocenters. The Labute approximate surface area is 94.1 Å². The smallest absolute Gasteiger partial charge is 0.314 e. The summed E-state index contributed by atoms with van der Waals surface area (Å²) in [5.74, 6) is -1.83. The number of rotatable bonds is 6. The largest absolute Gasteiger partial charge is 0.481 e. The number of carbonyl (C=O) groups excluding carboxylic acids is 1. The maximum atomic E-state index is 11.0. The van der Waals surface area contributed by atoms with Crippen molar-refractivity contribution in [3.05, 3.63) is 0 Å². The van der Waals surface area contributed by atoms with Gasteiger partial charge in [0, 0.05) is 19.3 Å². The van der Waals surface area contributed by atoms with Gasteiger partial charge in [0.1, 0.15) is 9.84 Å². The van der Waals surface area contributed by atoms with Crippen molar-refractivity contribution in [1.29, 1.82) is 0 Å². The molecule has 0 rings (SSSR count). The normalized spacial score (nSPS) is 12.9. The van der Waals surface area contributed by atoms with E-state index in [2.05, 4.69) is 10.6 Å². The van der Waals surface area contributed by atoms with E-state index in [9.17, 15) is 18.0 Å². The average molecular weight is 252 g/mol. The molecule has 0 saturated heterocycles. The molecular weight excluding hydrogens is 236 g/mol. The molecule has 0 aliphatic carbocycles. The van der Waals surface area contributed by atoms with Crippen molar-refractivity contribution in [2.24, 2.45) is 5.92 Å². The van der Waals surface area contributed by atoms with Crippen LogP contribution < -0.4 is 10.6 Å². The quantitative estimate of drug-likeness (QED) is 0.564. The molecule has 0 bridgehead atoms. The third-order valence-electron chi connectivity index (χ3n) is 1.75. The van der Waals surface area contributed by atoms with Gasteiger partial charge in [0.2, 0.25) is 0 Å². The number of nitrogens with one attached hydrogen (secondary N) is 2. The number of urea groups is 1. The second kappa shape index (κ2) is 6.31. The number of carboxylic acids is 1. The Kier molecular flexibility index (Phi) is 5.79. The minimum absolute atomic E-state index is 0.0000413. The summed E-state index contributed by atoms with van der Waals surface area (Å²) in [6.45, 7) is 1.46. The van der Waals surface area contributed by atoms with Crippen molar-refractivity contribution < 1.29 is 23.1 Å². The van der Waals surface area contributed by atoms with E-state index >= 15 is 0 Å². The van der Waals surface area contributed by atoms with Crippen molar-refractivity contribution in [3.8, 4) is 0 Å². The van der Waals surface area contributed by atoms with Crippen LogP contribution in [0.1, 0.15) is 6.92 Å². The number of carbonyl (C=O) groups is 2. The molecule has 8 heteroatoms. The van der Waals surface area contributed by atoms with Gasteiger partial charge in [-0.3, -0.25) is 4.79 Å². The molecule has 0 fully saturated rings. The monoisotopic (exact) mass is 252 g/mol. The molecule has 2 amide bonds. The molecule has 0 aliphatic rings. The van der Waals surface area contributed by atoms with Gasteiger partial charge in [0.15, 0.2) is 0 Å². The lowest BCUT2D eigenvalue weighted by atomic mass is 10.2. The third kappa shape index (κ3) is 8.04. The first-order chi connectivity index (χ1) is 7.22. The number of sulfone groups is 1. The molecule has 0 saturated carbocycles. The molecular formula is C8H16N2O5S. The summed E-state index contributed by atoms with van der Waals surface area (Å²) in [4.78, 5) is 21.5. The molecule has 94 valence electrons. The zero-order valence-electron chi connectivity index (χ0n) is 9.19. The van der Waals surface area contributed by atoms with Crippen LogP contribution in [0.3, 0.4) is 0 Å². The Morgan fingerprint density at radius 2 is 1.88 bits per heavy atom. The topological polar surface area (TPSA) is 113 Å². The Hall–Kier alpha value is -1.31. The van der Waals surface area contributed by atoms with E-state index in [0.29, 0.717) is 0 Å². The summed E-state index contributed by atoms with van der Waals surface area (Å²) in [5, 5.41) is 13.2. The summed E-state index contributed by atoms with van der Waals surface area (Å²) >= 11 is 0. The van der Waals surface area contributed by atoms with E-state index in [1.807, 2.05) is 0 Å². The molecule has 1 unspecified atom stereocenters. The van der Waals surface area contributed by atoms with Gasteiger partial charge in [-0.1, -0.05) is 6.92 Å². The van der Waals surface area contributed by atoms with Gasteiger partial charge in [-0.15, -0.1) is 0 Å². The minimum atomic E-state index is -3.10. The van der Waals surface area contributed by atoms with Crippen LogP contribution in [0.15, 0.2) is 0 Å². The number of hydrogen-bond acceptors (Lipinski definition) is 4. The second-order valence-corrected chi connectivity index (χ2v) is 5.77. The lowest BCUT2D eigenvalue weighted by molar-refractivity contribution is -0.140. The highest BCUT2D eigenvalue weighted by molar-refractivity contribution is 7.90. The van der Waals surface area contributed by atoms with Crippen LogP contribution in [0.2, 0.25) is 0 Å². The van der Waals surface area contributed by atoms with E-state index in [1.54, 1.807) is 0 Å². The van der Waals surface area contributed by atoms with Gasteiger partial charge < -0.3 is 15.7 Å². The summed E-state index contributed by atoms with van der Waals surface area (Å²) in [6, 6.07) is -0.572. The number of carboxylic acid groups (broad SMARTS) is 1. The molecule has 3 N–H and O–H groups in total. The first-order valence-electron chi connectivity index (χ1n) is 4.64. The number of aliphatic carboxylic acids is 1. The van der Waals surface area contributed by atoms with Crippen LogP contribution in [-0.4, -0.2) is 50.6 Å². The van der Waals surface area contributed by atoms with E-state index in [4.69, 9.17) is 5.11 Å². The molecule has 0 spiro atoms. The van der Waals surface area contributed by atoms with Gasteiger partial charge in [-0.25, -0.2) is 13.2 Å². The van der Waals surface area contributed by atoms with Crippen LogP contribution in [0.25, 0.3) is 0 Å². The fourth-order valence-corrected chi connectivity index (χ4v) is 1.22. The van der Waals surface area contributed by atoms with Crippen LogP contribution in [0, 0.1) is 5.92 Å². The van der Waals surface area contributed by atoms with Crippen LogP contribution in [-0.2, 0) is 14.6 Å². The minimum Gasteiger partial charge on any atom is -0.481 e. The zero-order chi connectivity index (χ0) is 12.8. The predicted molar refractivity (Wildman–Crippen MR) is 57.9 cm³/mol.